The quantitative estimate of drug-likeness (QED) is 0.905. The van der Waals surface area contributed by atoms with E-state index in [-0.39, 0.29) is 17.9 Å². The van der Waals surface area contributed by atoms with Crippen LogP contribution in [-0.2, 0) is 9.59 Å². The molecule has 1 fully saturated rings. The van der Waals surface area contributed by atoms with Gasteiger partial charge < -0.3 is 10.2 Å². The molecule has 1 atom stereocenters. The fourth-order valence-corrected chi connectivity index (χ4v) is 2.43. The summed E-state index contributed by atoms with van der Waals surface area (Å²) in [5.74, 6) is -0.130. The van der Waals surface area contributed by atoms with Crippen molar-refractivity contribution in [1.82, 2.24) is 4.90 Å². The van der Waals surface area contributed by atoms with Gasteiger partial charge in [0.2, 0.25) is 11.8 Å². The standard InChI is InChI=1S/C14H17ClN2O2/c1-9-10(15)5-3-6-11(9)16-14(19)12-7-4-8-13(18)17(12)2/h3,5-6,12H,4,7-8H2,1-2H3,(H,16,19). The van der Waals surface area contributed by atoms with Crippen LogP contribution in [0.4, 0.5) is 5.69 Å². The number of halogens is 1. The van der Waals surface area contributed by atoms with E-state index in [0.717, 1.165) is 12.0 Å². The van der Waals surface area contributed by atoms with Crippen LogP contribution in [0.1, 0.15) is 24.8 Å². The fraction of sp³-hybridized carbons (Fsp3) is 0.429. The van der Waals surface area contributed by atoms with Crippen molar-refractivity contribution in [3.63, 3.8) is 0 Å². The Hall–Kier alpha value is -1.55. The lowest BCUT2D eigenvalue weighted by Crippen LogP contribution is -2.47. The number of likely N-dealkylation sites (N-methyl/N-ethyl adjacent to an activating group) is 1. The minimum atomic E-state index is -0.389. The van der Waals surface area contributed by atoms with Gasteiger partial charge in [-0.1, -0.05) is 17.7 Å². The van der Waals surface area contributed by atoms with E-state index in [2.05, 4.69) is 5.32 Å². The summed E-state index contributed by atoms with van der Waals surface area (Å²) < 4.78 is 0. The van der Waals surface area contributed by atoms with Gasteiger partial charge in [-0.3, -0.25) is 9.59 Å². The molecule has 1 aliphatic rings. The molecule has 0 spiro atoms. The number of piperidine rings is 1. The van der Waals surface area contributed by atoms with Crippen molar-refractivity contribution in [2.24, 2.45) is 0 Å². The topological polar surface area (TPSA) is 49.4 Å². The Labute approximate surface area is 117 Å². The van der Waals surface area contributed by atoms with Crippen molar-refractivity contribution in [3.05, 3.63) is 28.8 Å². The summed E-state index contributed by atoms with van der Waals surface area (Å²) in [4.78, 5) is 25.4. The van der Waals surface area contributed by atoms with Crippen LogP contribution in [0.25, 0.3) is 0 Å². The van der Waals surface area contributed by atoms with Crippen LogP contribution >= 0.6 is 11.6 Å². The van der Waals surface area contributed by atoms with E-state index in [4.69, 9.17) is 11.6 Å². The average molecular weight is 281 g/mol. The number of rotatable bonds is 2. The zero-order valence-corrected chi connectivity index (χ0v) is 11.8. The van der Waals surface area contributed by atoms with Gasteiger partial charge >= 0.3 is 0 Å². The predicted molar refractivity (Wildman–Crippen MR) is 75.2 cm³/mol. The van der Waals surface area contributed by atoms with Crippen LogP contribution in [-0.4, -0.2) is 29.8 Å². The van der Waals surface area contributed by atoms with Crippen LogP contribution in [0.2, 0.25) is 5.02 Å². The molecular weight excluding hydrogens is 264 g/mol. The summed E-state index contributed by atoms with van der Waals surface area (Å²) in [7, 11) is 1.68. The summed E-state index contributed by atoms with van der Waals surface area (Å²) in [5, 5.41) is 3.47. The number of amides is 2. The molecule has 1 saturated heterocycles. The van der Waals surface area contributed by atoms with Gasteiger partial charge in [-0.2, -0.15) is 0 Å². The molecule has 1 heterocycles. The molecule has 1 unspecified atom stereocenters. The van der Waals surface area contributed by atoms with Crippen molar-refractivity contribution >= 4 is 29.1 Å². The SMILES string of the molecule is Cc1c(Cl)cccc1NC(=O)C1CCCC(=O)N1C. The maximum Gasteiger partial charge on any atom is 0.247 e. The second-order valence-electron chi connectivity index (χ2n) is 4.81. The molecule has 0 aromatic heterocycles. The van der Waals surface area contributed by atoms with Gasteiger partial charge in [0.25, 0.3) is 0 Å². The molecule has 0 saturated carbocycles. The summed E-state index contributed by atoms with van der Waals surface area (Å²) >= 11 is 6.02. The van der Waals surface area contributed by atoms with Crippen LogP contribution in [0.5, 0.6) is 0 Å². The molecule has 0 aliphatic carbocycles. The summed E-state index contributed by atoms with van der Waals surface area (Å²) in [5.41, 5.74) is 1.53. The second-order valence-corrected chi connectivity index (χ2v) is 5.22. The Kier molecular flexibility index (Phi) is 4.10. The van der Waals surface area contributed by atoms with Gasteiger partial charge in [-0.05, 0) is 37.5 Å². The van der Waals surface area contributed by atoms with Crippen molar-refractivity contribution in [3.8, 4) is 0 Å². The second kappa shape index (κ2) is 5.61. The van der Waals surface area contributed by atoms with E-state index in [1.807, 2.05) is 13.0 Å². The van der Waals surface area contributed by atoms with E-state index in [9.17, 15) is 9.59 Å². The van der Waals surface area contributed by atoms with Gasteiger partial charge in [0.1, 0.15) is 6.04 Å². The minimum absolute atomic E-state index is 0.0224. The largest absolute Gasteiger partial charge is 0.334 e. The van der Waals surface area contributed by atoms with Gasteiger partial charge in [0, 0.05) is 24.2 Å². The monoisotopic (exact) mass is 280 g/mol. The minimum Gasteiger partial charge on any atom is -0.334 e. The molecule has 2 rings (SSSR count). The molecule has 2 amide bonds. The van der Waals surface area contributed by atoms with Crippen LogP contribution in [0.3, 0.4) is 0 Å². The first-order valence-electron chi connectivity index (χ1n) is 6.32. The van der Waals surface area contributed by atoms with E-state index in [1.165, 1.54) is 4.90 Å². The lowest BCUT2D eigenvalue weighted by molar-refractivity contribution is -0.140. The van der Waals surface area contributed by atoms with Crippen molar-refractivity contribution in [2.75, 3.05) is 12.4 Å². The predicted octanol–water partition coefficient (Wildman–Crippen LogP) is 2.60. The van der Waals surface area contributed by atoms with Crippen molar-refractivity contribution < 1.29 is 9.59 Å². The fourth-order valence-electron chi connectivity index (χ4n) is 2.26. The lowest BCUT2D eigenvalue weighted by atomic mass is 10.0. The van der Waals surface area contributed by atoms with Crippen LogP contribution < -0.4 is 5.32 Å². The average Bonchev–Trinajstić information content (AvgIpc) is 2.38. The number of anilines is 1. The number of nitrogens with zero attached hydrogens (tertiary/aromatic N) is 1. The zero-order valence-electron chi connectivity index (χ0n) is 11.1. The number of likely N-dealkylation sites (tertiary alicyclic amines) is 1. The molecule has 102 valence electrons. The van der Waals surface area contributed by atoms with Crippen molar-refractivity contribution in [1.29, 1.82) is 0 Å². The highest BCUT2D eigenvalue weighted by atomic mass is 35.5. The number of hydrogen-bond acceptors (Lipinski definition) is 2. The van der Waals surface area contributed by atoms with E-state index < -0.39 is 0 Å². The molecule has 1 aromatic carbocycles. The smallest absolute Gasteiger partial charge is 0.247 e. The lowest BCUT2D eigenvalue weighted by Gasteiger charge is -2.31. The molecule has 1 N–H and O–H groups in total. The number of benzene rings is 1. The Morgan fingerprint density at radius 2 is 2.21 bits per heavy atom. The highest BCUT2D eigenvalue weighted by Gasteiger charge is 2.30. The summed E-state index contributed by atoms with van der Waals surface area (Å²) in [6.45, 7) is 1.85. The van der Waals surface area contributed by atoms with E-state index in [1.54, 1.807) is 19.2 Å². The maximum atomic E-state index is 12.2. The summed E-state index contributed by atoms with van der Waals surface area (Å²) in [6, 6.07) is 4.99. The number of hydrogen-bond donors (Lipinski definition) is 1. The number of carbonyl (C=O) groups is 2. The normalized spacial score (nSPS) is 19.4. The maximum absolute atomic E-state index is 12.2. The van der Waals surface area contributed by atoms with Gasteiger partial charge in [0.15, 0.2) is 0 Å². The number of nitrogens with one attached hydrogen (secondary N) is 1. The molecule has 5 heteroatoms. The van der Waals surface area contributed by atoms with Crippen LogP contribution in [0.15, 0.2) is 18.2 Å². The molecule has 0 radical (unpaired) electrons. The molecule has 19 heavy (non-hydrogen) atoms. The highest BCUT2D eigenvalue weighted by Crippen LogP contribution is 2.24. The van der Waals surface area contributed by atoms with E-state index in [0.29, 0.717) is 23.6 Å². The zero-order chi connectivity index (χ0) is 14.0. The Morgan fingerprint density at radius 1 is 1.47 bits per heavy atom. The Morgan fingerprint density at radius 3 is 2.95 bits per heavy atom. The molecular formula is C14H17ClN2O2. The highest BCUT2D eigenvalue weighted by molar-refractivity contribution is 6.31. The van der Waals surface area contributed by atoms with Gasteiger partial charge in [-0.15, -0.1) is 0 Å². The third-order valence-electron chi connectivity index (χ3n) is 3.56. The Balaban J connectivity index is 2.12. The molecule has 1 aromatic rings. The first kappa shape index (κ1) is 13.9. The van der Waals surface area contributed by atoms with Gasteiger partial charge in [-0.25, -0.2) is 0 Å². The van der Waals surface area contributed by atoms with Crippen LogP contribution in [0, 0.1) is 6.92 Å². The summed E-state index contributed by atoms with van der Waals surface area (Å²) in [6.07, 6.45) is 1.99. The molecule has 4 nitrogen and oxygen atoms in total. The molecule has 1 aliphatic heterocycles. The number of carbonyl (C=O) groups excluding carboxylic acids is 2. The first-order valence-corrected chi connectivity index (χ1v) is 6.70. The van der Waals surface area contributed by atoms with Gasteiger partial charge in [0.05, 0.1) is 0 Å². The van der Waals surface area contributed by atoms with Crippen molar-refractivity contribution in [2.45, 2.75) is 32.2 Å². The third-order valence-corrected chi connectivity index (χ3v) is 3.97. The van der Waals surface area contributed by atoms with E-state index >= 15 is 0 Å². The molecule has 0 bridgehead atoms. The first-order chi connectivity index (χ1) is 9.00. The Bertz CT molecular complexity index is 516. The third kappa shape index (κ3) is 2.89.